The zero-order chi connectivity index (χ0) is 24.8. The molecule has 0 saturated carbocycles. The van der Waals surface area contributed by atoms with Crippen molar-refractivity contribution in [3.05, 3.63) is 82.1 Å². The van der Waals surface area contributed by atoms with Crippen LogP contribution >= 0.6 is 15.9 Å². The minimum atomic E-state index is -4.76. The van der Waals surface area contributed by atoms with Gasteiger partial charge in [0.1, 0.15) is 5.75 Å². The van der Waals surface area contributed by atoms with Gasteiger partial charge in [0.2, 0.25) is 0 Å². The molecule has 1 aromatic heterocycles. The van der Waals surface area contributed by atoms with E-state index in [1.165, 1.54) is 17.8 Å². The standard InChI is InChI=1S/C26H25BrF3N3O2/c1-32-12-2-3-19(32)16-33-13-10-25(11-14-33)23(17-4-7-20(8-5-17)35-26(28,29)30)24(34)21-9-6-18(27)15-22(21)31-25/h2-9,12,15,23,31H,10-11,13-14,16H2,1H3. The third kappa shape index (κ3) is 4.84. The maximum Gasteiger partial charge on any atom is 0.573 e. The summed E-state index contributed by atoms with van der Waals surface area (Å²) in [6.45, 7) is 2.41. The highest BCUT2D eigenvalue weighted by atomic mass is 79.9. The maximum absolute atomic E-state index is 13.8. The second-order valence-electron chi connectivity index (χ2n) is 9.27. The summed E-state index contributed by atoms with van der Waals surface area (Å²) >= 11 is 3.50. The highest BCUT2D eigenvalue weighted by Gasteiger charge is 2.49. The van der Waals surface area contributed by atoms with Crippen LogP contribution in [-0.4, -0.2) is 40.2 Å². The number of fused-ring (bicyclic) bond motifs is 1. The number of Topliss-reactive ketones (excluding diaryl/α,β-unsaturated/α-hetero) is 1. The van der Waals surface area contributed by atoms with E-state index in [2.05, 4.69) is 41.5 Å². The Hall–Kier alpha value is -2.78. The number of hydrogen-bond acceptors (Lipinski definition) is 4. The molecule has 2 aliphatic rings. The normalized spacial score (nSPS) is 19.9. The summed E-state index contributed by atoms with van der Waals surface area (Å²) in [5, 5.41) is 3.68. The molecule has 2 aliphatic heterocycles. The topological polar surface area (TPSA) is 46.5 Å². The van der Waals surface area contributed by atoms with Crippen LogP contribution in [0.2, 0.25) is 0 Å². The monoisotopic (exact) mass is 547 g/mol. The lowest BCUT2D eigenvalue weighted by atomic mass is 9.67. The fourth-order valence-electron chi connectivity index (χ4n) is 5.33. The first-order valence-corrected chi connectivity index (χ1v) is 12.2. The number of benzene rings is 2. The number of nitrogens with one attached hydrogen (secondary N) is 1. The summed E-state index contributed by atoms with van der Waals surface area (Å²) in [5.41, 5.74) is 2.74. The lowest BCUT2D eigenvalue weighted by Crippen LogP contribution is -2.56. The van der Waals surface area contributed by atoms with Gasteiger partial charge >= 0.3 is 6.36 Å². The summed E-state index contributed by atoms with van der Waals surface area (Å²) in [6, 6.07) is 15.4. The Bertz CT molecular complexity index is 1230. The van der Waals surface area contributed by atoms with Crippen molar-refractivity contribution in [1.82, 2.24) is 9.47 Å². The summed E-state index contributed by atoms with van der Waals surface area (Å²) in [5.74, 6) is -0.840. The first kappa shape index (κ1) is 23.9. The number of halogens is 4. The number of rotatable bonds is 4. The minimum absolute atomic E-state index is 0.0216. The van der Waals surface area contributed by atoms with Crippen LogP contribution < -0.4 is 10.1 Å². The van der Waals surface area contributed by atoms with Gasteiger partial charge in [-0.2, -0.15) is 0 Å². The van der Waals surface area contributed by atoms with Crippen LogP contribution in [0.15, 0.2) is 65.3 Å². The molecule has 35 heavy (non-hydrogen) atoms. The van der Waals surface area contributed by atoms with E-state index in [1.54, 1.807) is 18.2 Å². The Morgan fingerprint density at radius 2 is 1.83 bits per heavy atom. The second-order valence-corrected chi connectivity index (χ2v) is 10.2. The van der Waals surface area contributed by atoms with Crippen molar-refractivity contribution in [3.63, 3.8) is 0 Å². The molecule has 0 amide bonds. The fourth-order valence-corrected chi connectivity index (χ4v) is 5.69. The quantitative estimate of drug-likeness (QED) is 0.428. The number of piperidine rings is 1. The predicted octanol–water partition coefficient (Wildman–Crippen LogP) is 6.11. The Morgan fingerprint density at radius 3 is 2.46 bits per heavy atom. The van der Waals surface area contributed by atoms with E-state index in [0.29, 0.717) is 11.1 Å². The second kappa shape index (κ2) is 9.02. The molecule has 1 atom stereocenters. The first-order valence-electron chi connectivity index (χ1n) is 11.4. The molecule has 1 saturated heterocycles. The van der Waals surface area contributed by atoms with Crippen LogP contribution in [-0.2, 0) is 13.6 Å². The van der Waals surface area contributed by atoms with Crippen molar-refractivity contribution in [1.29, 1.82) is 0 Å². The number of aryl methyl sites for hydroxylation is 1. The van der Waals surface area contributed by atoms with E-state index >= 15 is 0 Å². The van der Waals surface area contributed by atoms with Crippen molar-refractivity contribution in [2.45, 2.75) is 37.2 Å². The molecule has 0 bridgehead atoms. The van der Waals surface area contributed by atoms with E-state index in [9.17, 15) is 18.0 Å². The maximum atomic E-state index is 13.8. The zero-order valence-electron chi connectivity index (χ0n) is 19.1. The third-order valence-corrected chi connectivity index (χ3v) is 7.57. The Labute approximate surface area is 210 Å². The van der Waals surface area contributed by atoms with Crippen LogP contribution in [0.5, 0.6) is 5.75 Å². The highest BCUT2D eigenvalue weighted by molar-refractivity contribution is 9.10. The molecule has 5 rings (SSSR count). The molecule has 2 aromatic carbocycles. The van der Waals surface area contributed by atoms with Crippen molar-refractivity contribution in [2.24, 2.45) is 7.05 Å². The Morgan fingerprint density at radius 1 is 1.11 bits per heavy atom. The van der Waals surface area contributed by atoms with Gasteiger partial charge in [-0.25, -0.2) is 0 Å². The van der Waals surface area contributed by atoms with Gasteiger partial charge in [0.25, 0.3) is 0 Å². The first-order chi connectivity index (χ1) is 16.6. The molecule has 1 spiro atoms. The lowest BCUT2D eigenvalue weighted by molar-refractivity contribution is -0.274. The molecule has 3 aromatic rings. The van der Waals surface area contributed by atoms with Crippen LogP contribution in [0.25, 0.3) is 0 Å². The number of nitrogens with zero attached hydrogens (tertiary/aromatic N) is 2. The number of ketones is 1. The van der Waals surface area contributed by atoms with Crippen LogP contribution in [0.3, 0.4) is 0 Å². The molecular formula is C26H25BrF3N3O2. The summed E-state index contributed by atoms with van der Waals surface area (Å²) < 4.78 is 44.9. The fraction of sp³-hybridized carbons (Fsp3) is 0.346. The number of ether oxygens (including phenoxy) is 1. The lowest BCUT2D eigenvalue weighted by Gasteiger charge is -2.50. The molecular weight excluding hydrogens is 523 g/mol. The van der Waals surface area contributed by atoms with E-state index in [-0.39, 0.29) is 11.5 Å². The van der Waals surface area contributed by atoms with Gasteiger partial charge in [-0.1, -0.05) is 28.1 Å². The molecule has 184 valence electrons. The molecule has 1 N–H and O–H groups in total. The Kier molecular flexibility index (Phi) is 6.17. The van der Waals surface area contributed by atoms with Gasteiger partial charge < -0.3 is 14.6 Å². The molecule has 0 aliphatic carbocycles. The van der Waals surface area contributed by atoms with Gasteiger partial charge in [0, 0.05) is 54.3 Å². The minimum Gasteiger partial charge on any atom is -0.406 e. The number of anilines is 1. The number of aromatic nitrogens is 1. The third-order valence-electron chi connectivity index (χ3n) is 7.08. The smallest absolute Gasteiger partial charge is 0.406 e. The molecule has 5 nitrogen and oxygen atoms in total. The number of carbonyl (C=O) groups is 1. The molecule has 1 fully saturated rings. The molecule has 1 unspecified atom stereocenters. The molecule has 0 radical (unpaired) electrons. The Balaban J connectivity index is 1.45. The van der Waals surface area contributed by atoms with E-state index in [0.717, 1.165) is 42.6 Å². The molecule has 3 heterocycles. The van der Waals surface area contributed by atoms with Gasteiger partial charge in [0.05, 0.1) is 11.5 Å². The average molecular weight is 548 g/mol. The van der Waals surface area contributed by atoms with Crippen LogP contribution in [0.1, 0.15) is 40.4 Å². The van der Waals surface area contributed by atoms with Crippen molar-refractivity contribution in [3.8, 4) is 5.75 Å². The average Bonchev–Trinajstić information content (AvgIpc) is 3.19. The summed E-state index contributed by atoms with van der Waals surface area (Å²) in [4.78, 5) is 16.2. The number of alkyl halides is 3. The predicted molar refractivity (Wildman–Crippen MR) is 131 cm³/mol. The summed E-state index contributed by atoms with van der Waals surface area (Å²) in [7, 11) is 2.03. The van der Waals surface area contributed by atoms with Gasteiger partial charge in [-0.15, -0.1) is 13.2 Å². The number of hydrogen-bond donors (Lipinski definition) is 1. The van der Waals surface area contributed by atoms with Crippen molar-refractivity contribution < 1.29 is 22.7 Å². The summed E-state index contributed by atoms with van der Waals surface area (Å²) in [6.07, 6.45) is -1.29. The zero-order valence-corrected chi connectivity index (χ0v) is 20.7. The molecule has 9 heteroatoms. The largest absolute Gasteiger partial charge is 0.573 e. The number of likely N-dealkylation sites (tertiary alicyclic amines) is 1. The SMILES string of the molecule is Cn1cccc1CN1CCC2(CC1)Nc1cc(Br)ccc1C(=O)C2c1ccc(OC(F)(F)F)cc1. The van der Waals surface area contributed by atoms with E-state index < -0.39 is 17.8 Å². The van der Waals surface area contributed by atoms with Gasteiger partial charge in [-0.05, 0) is 60.9 Å². The van der Waals surface area contributed by atoms with Crippen LogP contribution in [0, 0.1) is 0 Å². The van der Waals surface area contributed by atoms with E-state index in [1.807, 2.05) is 31.4 Å². The van der Waals surface area contributed by atoms with Crippen molar-refractivity contribution >= 4 is 27.4 Å². The van der Waals surface area contributed by atoms with Gasteiger partial charge in [0.15, 0.2) is 5.78 Å². The number of carbonyl (C=O) groups excluding carboxylic acids is 1. The van der Waals surface area contributed by atoms with E-state index in [4.69, 9.17) is 0 Å². The van der Waals surface area contributed by atoms with Crippen molar-refractivity contribution in [2.75, 3.05) is 18.4 Å². The van der Waals surface area contributed by atoms with Gasteiger partial charge in [-0.3, -0.25) is 9.69 Å². The van der Waals surface area contributed by atoms with Crippen LogP contribution in [0.4, 0.5) is 18.9 Å². The highest BCUT2D eigenvalue weighted by Crippen LogP contribution is 2.47.